The summed E-state index contributed by atoms with van der Waals surface area (Å²) < 4.78 is 12.6. The molecule has 3 aromatic heterocycles. The molecule has 0 N–H and O–H groups in total. The van der Waals surface area contributed by atoms with Crippen LogP contribution in [0.3, 0.4) is 0 Å². The lowest BCUT2D eigenvalue weighted by Crippen LogP contribution is -2.44. The highest BCUT2D eigenvalue weighted by atomic mass is 16.6. The van der Waals surface area contributed by atoms with Crippen LogP contribution in [0.25, 0.3) is 22.6 Å². The van der Waals surface area contributed by atoms with E-state index < -0.39 is 23.4 Å². The molecular formula is C31H32N8O5. The molecule has 0 aliphatic rings. The third kappa shape index (κ3) is 7.65. The molecular weight excluding hydrogens is 564 g/mol. The Hall–Kier alpha value is -5.51. The van der Waals surface area contributed by atoms with E-state index in [-0.39, 0.29) is 23.9 Å². The van der Waals surface area contributed by atoms with Crippen molar-refractivity contribution in [2.75, 3.05) is 4.90 Å². The van der Waals surface area contributed by atoms with Gasteiger partial charge in [-0.3, -0.25) is 4.79 Å². The highest BCUT2D eigenvalue weighted by molar-refractivity contribution is 6.08. The van der Waals surface area contributed by atoms with Crippen molar-refractivity contribution in [3.8, 4) is 28.7 Å². The van der Waals surface area contributed by atoms with E-state index in [2.05, 4.69) is 31.3 Å². The van der Waals surface area contributed by atoms with Crippen LogP contribution < -0.4 is 4.90 Å². The van der Waals surface area contributed by atoms with Gasteiger partial charge in [-0.25, -0.2) is 29.2 Å². The molecule has 4 rings (SSSR count). The van der Waals surface area contributed by atoms with Gasteiger partial charge < -0.3 is 9.47 Å². The molecule has 3 heterocycles. The van der Waals surface area contributed by atoms with Crippen LogP contribution in [0.1, 0.15) is 68.9 Å². The molecule has 0 aliphatic heterocycles. The summed E-state index contributed by atoms with van der Waals surface area (Å²) in [4.78, 5) is 52.0. The van der Waals surface area contributed by atoms with Crippen LogP contribution in [-0.4, -0.2) is 59.6 Å². The fraction of sp³-hybridized carbons (Fsp3) is 0.323. The lowest BCUT2D eigenvalue weighted by molar-refractivity contribution is 0.0427. The number of benzene rings is 1. The number of nitrogens with zero attached hydrogens (tertiary/aromatic N) is 8. The second kappa shape index (κ2) is 12.4. The minimum absolute atomic E-state index is 0.213. The van der Waals surface area contributed by atoms with E-state index in [1.54, 1.807) is 97.1 Å². The first kappa shape index (κ1) is 31.4. The normalized spacial score (nSPS) is 11.4. The lowest BCUT2D eigenvalue weighted by Gasteiger charge is -2.27. The monoisotopic (exact) mass is 596 g/mol. The molecule has 0 saturated heterocycles. The quantitative estimate of drug-likeness (QED) is 0.257. The standard InChI is InChI=1S/C31H32N8O5/c1-19-20(15-32)10-8-13-23(19)24-14-25(26-17-38(37-36-26)16-21-11-9-12-22(18-40)33-21)35-27(34-24)39(28(41)43-30(2,3)4)29(42)44-31(5,6)7/h8-14,17-18H,16H2,1-7H3. The minimum Gasteiger partial charge on any atom is -0.443 e. The van der Waals surface area contributed by atoms with Crippen molar-refractivity contribution in [1.29, 1.82) is 5.26 Å². The number of rotatable bonds is 6. The average Bonchev–Trinajstić information content (AvgIpc) is 3.39. The van der Waals surface area contributed by atoms with Gasteiger partial charge in [0.2, 0.25) is 5.95 Å². The van der Waals surface area contributed by atoms with Gasteiger partial charge in [-0.05, 0) is 78.3 Å². The number of amides is 2. The number of hydrogen-bond donors (Lipinski definition) is 0. The van der Waals surface area contributed by atoms with E-state index in [9.17, 15) is 19.6 Å². The Morgan fingerprint density at radius 1 is 0.932 bits per heavy atom. The largest absolute Gasteiger partial charge is 0.443 e. The molecule has 2 amide bonds. The SMILES string of the molecule is Cc1c(C#N)cccc1-c1cc(-c2cn(Cc3cccc(C=O)n3)nn2)nc(N(C(=O)OC(C)(C)C)C(=O)OC(C)(C)C)n1. The van der Waals surface area contributed by atoms with Crippen LogP contribution in [0.4, 0.5) is 15.5 Å². The number of nitriles is 1. The first-order chi connectivity index (χ1) is 20.7. The molecule has 0 unspecified atom stereocenters. The Morgan fingerprint density at radius 2 is 1.57 bits per heavy atom. The number of ether oxygens (including phenoxy) is 2. The minimum atomic E-state index is -1.04. The van der Waals surface area contributed by atoms with E-state index in [0.717, 1.165) is 0 Å². The van der Waals surface area contributed by atoms with Crippen LogP contribution in [0.2, 0.25) is 0 Å². The number of pyridine rings is 1. The zero-order valence-electron chi connectivity index (χ0n) is 25.5. The number of aromatic nitrogens is 6. The maximum Gasteiger partial charge on any atom is 0.427 e. The van der Waals surface area contributed by atoms with E-state index in [1.807, 2.05) is 0 Å². The molecule has 13 heteroatoms. The first-order valence-electron chi connectivity index (χ1n) is 13.6. The molecule has 0 fully saturated rings. The summed E-state index contributed by atoms with van der Waals surface area (Å²) in [5.41, 5.74) is 1.44. The zero-order valence-corrected chi connectivity index (χ0v) is 25.5. The molecule has 4 aromatic rings. The van der Waals surface area contributed by atoms with Crippen LogP contribution >= 0.6 is 0 Å². The summed E-state index contributed by atoms with van der Waals surface area (Å²) in [7, 11) is 0. The van der Waals surface area contributed by atoms with Crippen molar-refractivity contribution >= 4 is 24.4 Å². The van der Waals surface area contributed by atoms with E-state index in [4.69, 9.17) is 9.47 Å². The Kier molecular flexibility index (Phi) is 8.84. The van der Waals surface area contributed by atoms with Crippen molar-refractivity contribution in [3.05, 3.63) is 71.2 Å². The van der Waals surface area contributed by atoms with Gasteiger partial charge in [0, 0.05) is 5.56 Å². The molecule has 226 valence electrons. The highest BCUT2D eigenvalue weighted by Crippen LogP contribution is 2.30. The molecule has 0 spiro atoms. The topological polar surface area (TPSA) is 166 Å². The summed E-state index contributed by atoms with van der Waals surface area (Å²) in [6, 6.07) is 14.0. The summed E-state index contributed by atoms with van der Waals surface area (Å²) in [5, 5.41) is 18.0. The van der Waals surface area contributed by atoms with Crippen molar-refractivity contribution in [2.24, 2.45) is 0 Å². The first-order valence-corrected chi connectivity index (χ1v) is 13.6. The molecule has 0 saturated carbocycles. The third-order valence-corrected chi connectivity index (χ3v) is 5.87. The van der Waals surface area contributed by atoms with Crippen molar-refractivity contribution in [3.63, 3.8) is 0 Å². The van der Waals surface area contributed by atoms with E-state index in [0.29, 0.717) is 45.0 Å². The van der Waals surface area contributed by atoms with Gasteiger partial charge in [-0.1, -0.05) is 23.4 Å². The predicted molar refractivity (Wildman–Crippen MR) is 160 cm³/mol. The molecule has 0 atom stereocenters. The van der Waals surface area contributed by atoms with Crippen LogP contribution in [-0.2, 0) is 16.0 Å². The zero-order chi connectivity index (χ0) is 32.2. The van der Waals surface area contributed by atoms with Crippen LogP contribution in [0.5, 0.6) is 0 Å². The molecule has 1 aromatic carbocycles. The van der Waals surface area contributed by atoms with Crippen molar-refractivity contribution in [2.45, 2.75) is 66.2 Å². The third-order valence-electron chi connectivity index (χ3n) is 5.87. The maximum atomic E-state index is 13.4. The van der Waals surface area contributed by atoms with Gasteiger partial charge in [-0.15, -0.1) is 10.00 Å². The predicted octanol–water partition coefficient (Wildman–Crippen LogP) is 5.51. The van der Waals surface area contributed by atoms with Crippen LogP contribution in [0.15, 0.2) is 48.7 Å². The summed E-state index contributed by atoms with van der Waals surface area (Å²) in [5.74, 6) is -0.322. The Morgan fingerprint density at radius 3 is 2.18 bits per heavy atom. The number of imide groups is 1. The van der Waals surface area contributed by atoms with Gasteiger partial charge in [0.25, 0.3) is 0 Å². The molecule has 0 bridgehead atoms. The second-order valence-corrected chi connectivity index (χ2v) is 11.8. The van der Waals surface area contributed by atoms with Gasteiger partial charge >= 0.3 is 12.2 Å². The van der Waals surface area contributed by atoms with Crippen molar-refractivity contribution < 1.29 is 23.9 Å². The lowest BCUT2D eigenvalue weighted by atomic mass is 10.00. The fourth-order valence-electron chi connectivity index (χ4n) is 4.00. The summed E-state index contributed by atoms with van der Waals surface area (Å²) >= 11 is 0. The number of carbonyl (C=O) groups is 3. The number of hydrogen-bond acceptors (Lipinski definition) is 11. The number of anilines is 1. The second-order valence-electron chi connectivity index (χ2n) is 11.8. The summed E-state index contributed by atoms with van der Waals surface area (Å²) in [6.45, 7) is 12.0. The molecule has 0 aliphatic carbocycles. The van der Waals surface area contributed by atoms with E-state index >= 15 is 0 Å². The van der Waals surface area contributed by atoms with Crippen molar-refractivity contribution in [1.82, 2.24) is 29.9 Å². The number of carbonyl (C=O) groups excluding carboxylic acids is 3. The van der Waals surface area contributed by atoms with Gasteiger partial charge in [0.1, 0.15) is 22.6 Å². The van der Waals surface area contributed by atoms with Crippen LogP contribution in [0, 0.1) is 18.3 Å². The van der Waals surface area contributed by atoms with Gasteiger partial charge in [-0.2, -0.15) is 5.26 Å². The smallest absolute Gasteiger partial charge is 0.427 e. The Balaban J connectivity index is 1.88. The summed E-state index contributed by atoms with van der Waals surface area (Å²) in [6.07, 6.45) is 0.184. The molecule has 0 radical (unpaired) electrons. The molecule has 44 heavy (non-hydrogen) atoms. The average molecular weight is 597 g/mol. The maximum absolute atomic E-state index is 13.4. The Labute approximate surface area is 254 Å². The fourth-order valence-corrected chi connectivity index (χ4v) is 4.00. The van der Waals surface area contributed by atoms with Gasteiger partial charge in [0.05, 0.1) is 41.5 Å². The Bertz CT molecular complexity index is 1730. The number of aldehydes is 1. The van der Waals surface area contributed by atoms with Gasteiger partial charge in [0.15, 0.2) is 6.29 Å². The van der Waals surface area contributed by atoms with E-state index in [1.165, 1.54) is 4.68 Å². The molecule has 13 nitrogen and oxygen atoms in total. The highest BCUT2D eigenvalue weighted by Gasteiger charge is 2.35.